The summed E-state index contributed by atoms with van der Waals surface area (Å²) in [6.07, 6.45) is 0. The number of aromatic nitrogens is 4. The minimum Gasteiger partial charge on any atom is -0.380 e. The first-order valence-corrected chi connectivity index (χ1v) is 9.63. The van der Waals surface area contributed by atoms with Crippen molar-refractivity contribution in [1.29, 1.82) is 0 Å². The summed E-state index contributed by atoms with van der Waals surface area (Å²) in [6.45, 7) is 5.89. The van der Waals surface area contributed by atoms with E-state index in [2.05, 4.69) is 25.5 Å². The van der Waals surface area contributed by atoms with E-state index >= 15 is 0 Å². The fraction of sp³-hybridized carbons (Fsp3) is 0.316. The number of rotatable bonds is 8. The number of anilines is 3. The average Bonchev–Trinajstić information content (AvgIpc) is 3.05. The van der Waals surface area contributed by atoms with Crippen molar-refractivity contribution in [3.8, 4) is 11.4 Å². The Morgan fingerprint density at radius 2 is 1.82 bits per heavy atom. The molecule has 2 heterocycles. The van der Waals surface area contributed by atoms with Crippen LogP contribution in [-0.4, -0.2) is 47.0 Å². The van der Waals surface area contributed by atoms with Crippen LogP contribution in [0.3, 0.4) is 0 Å². The maximum Gasteiger partial charge on any atom is 0.163 e. The number of likely N-dealkylation sites (N-methyl/N-ethyl adjacent to an activating group) is 1. The first-order valence-electron chi connectivity index (χ1n) is 8.88. The Morgan fingerprint density at radius 3 is 2.46 bits per heavy atom. The third kappa shape index (κ3) is 5.34. The highest BCUT2D eigenvalue weighted by Gasteiger charge is 2.12. The van der Waals surface area contributed by atoms with Crippen LogP contribution in [0.1, 0.15) is 12.6 Å². The van der Waals surface area contributed by atoms with Crippen LogP contribution in [0.2, 0.25) is 10.0 Å². The van der Waals surface area contributed by atoms with Gasteiger partial charge in [-0.2, -0.15) is 5.10 Å². The van der Waals surface area contributed by atoms with Crippen molar-refractivity contribution in [2.45, 2.75) is 13.8 Å². The number of ether oxygens (including phenoxy) is 1. The summed E-state index contributed by atoms with van der Waals surface area (Å²) in [5.41, 5.74) is 1.69. The van der Waals surface area contributed by atoms with Gasteiger partial charge in [0.25, 0.3) is 0 Å². The zero-order valence-electron chi connectivity index (χ0n) is 16.0. The molecule has 0 saturated heterocycles. The molecule has 9 heteroatoms. The van der Waals surface area contributed by atoms with Crippen LogP contribution >= 0.6 is 23.2 Å². The van der Waals surface area contributed by atoms with E-state index in [0.29, 0.717) is 47.3 Å². The Balaban J connectivity index is 1.97. The fourth-order valence-electron chi connectivity index (χ4n) is 2.58. The molecule has 0 fully saturated rings. The maximum absolute atomic E-state index is 6.16. The minimum absolute atomic E-state index is 0.514. The summed E-state index contributed by atoms with van der Waals surface area (Å²) in [6, 6.07) is 9.02. The van der Waals surface area contributed by atoms with Crippen molar-refractivity contribution >= 4 is 40.7 Å². The minimum atomic E-state index is 0.514. The molecule has 0 atom stereocenters. The number of hydrogen-bond donors (Lipinski definition) is 2. The van der Waals surface area contributed by atoms with Gasteiger partial charge in [-0.25, -0.2) is 9.97 Å². The van der Waals surface area contributed by atoms with Crippen LogP contribution in [0.5, 0.6) is 0 Å². The lowest BCUT2D eigenvalue weighted by atomic mass is 10.2. The van der Waals surface area contributed by atoms with Crippen LogP contribution in [-0.2, 0) is 4.74 Å². The molecule has 0 amide bonds. The predicted octanol–water partition coefficient (Wildman–Crippen LogP) is 4.70. The number of nitrogens with one attached hydrogen (secondary N) is 2. The molecular weight excluding hydrogens is 399 g/mol. The Bertz CT molecular complexity index is 926. The van der Waals surface area contributed by atoms with E-state index in [1.165, 1.54) is 0 Å². The van der Waals surface area contributed by atoms with E-state index in [0.717, 1.165) is 17.1 Å². The molecule has 1 aromatic carbocycles. The Hall–Kier alpha value is -2.35. The lowest BCUT2D eigenvalue weighted by molar-refractivity contribution is 0.154. The topological polar surface area (TPSA) is 79.0 Å². The van der Waals surface area contributed by atoms with Gasteiger partial charge in [0.15, 0.2) is 11.6 Å². The normalized spacial score (nSPS) is 10.9. The van der Waals surface area contributed by atoms with Crippen LogP contribution in [0.25, 0.3) is 11.4 Å². The lowest BCUT2D eigenvalue weighted by Gasteiger charge is -2.19. The van der Waals surface area contributed by atoms with Gasteiger partial charge in [0.2, 0.25) is 0 Å². The third-order valence-corrected chi connectivity index (χ3v) is 4.40. The van der Waals surface area contributed by atoms with Gasteiger partial charge >= 0.3 is 0 Å². The van der Waals surface area contributed by atoms with Crippen LogP contribution in [0.15, 0.2) is 30.3 Å². The van der Waals surface area contributed by atoms with Gasteiger partial charge in [-0.15, -0.1) is 0 Å². The molecule has 3 rings (SSSR count). The van der Waals surface area contributed by atoms with Gasteiger partial charge in [-0.1, -0.05) is 23.2 Å². The Labute approximate surface area is 174 Å². The zero-order valence-corrected chi connectivity index (χ0v) is 17.5. The molecule has 2 aromatic heterocycles. The monoisotopic (exact) mass is 420 g/mol. The number of hydrogen-bond acceptors (Lipinski definition) is 6. The number of aromatic amines is 1. The molecule has 7 nitrogen and oxygen atoms in total. The second-order valence-electron chi connectivity index (χ2n) is 6.27. The van der Waals surface area contributed by atoms with Gasteiger partial charge in [-0.05, 0) is 32.0 Å². The van der Waals surface area contributed by atoms with E-state index in [4.69, 9.17) is 27.9 Å². The Morgan fingerprint density at radius 1 is 1.07 bits per heavy atom. The van der Waals surface area contributed by atoms with Crippen LogP contribution in [0, 0.1) is 6.92 Å². The molecule has 0 aliphatic heterocycles. The average molecular weight is 421 g/mol. The molecule has 0 saturated carbocycles. The summed E-state index contributed by atoms with van der Waals surface area (Å²) >= 11 is 12.3. The molecule has 0 aliphatic carbocycles. The molecule has 0 spiro atoms. The standard InChI is InChI=1S/C19H22Cl2N6O/c1-4-28-6-5-27(3)18-11-16(22-17-7-12(2)25-26-17)23-19(24-18)13-8-14(20)10-15(21)9-13/h7-11H,4-6H2,1-3H3,(H2,22,23,24,25,26). The number of halogens is 2. The summed E-state index contributed by atoms with van der Waals surface area (Å²) in [7, 11) is 1.96. The van der Waals surface area contributed by atoms with Crippen molar-refractivity contribution < 1.29 is 4.74 Å². The highest BCUT2D eigenvalue weighted by molar-refractivity contribution is 6.35. The van der Waals surface area contributed by atoms with Gasteiger partial charge in [0.1, 0.15) is 11.6 Å². The fourth-order valence-corrected chi connectivity index (χ4v) is 3.11. The smallest absolute Gasteiger partial charge is 0.163 e. The van der Waals surface area contributed by atoms with Crippen molar-refractivity contribution in [1.82, 2.24) is 20.2 Å². The van der Waals surface area contributed by atoms with Gasteiger partial charge in [0.05, 0.1) is 6.61 Å². The molecule has 2 N–H and O–H groups in total. The quantitative estimate of drug-likeness (QED) is 0.514. The van der Waals surface area contributed by atoms with E-state index in [-0.39, 0.29) is 0 Å². The van der Waals surface area contributed by atoms with Crippen LogP contribution in [0.4, 0.5) is 17.5 Å². The highest BCUT2D eigenvalue weighted by atomic mass is 35.5. The SMILES string of the molecule is CCOCCN(C)c1cc(Nc2cc(C)[nH]n2)nc(-c2cc(Cl)cc(Cl)c2)n1. The number of nitrogens with zero attached hydrogens (tertiary/aromatic N) is 4. The molecular formula is C19H22Cl2N6O. The lowest BCUT2D eigenvalue weighted by Crippen LogP contribution is -2.24. The van der Waals surface area contributed by atoms with E-state index in [1.54, 1.807) is 18.2 Å². The molecule has 0 unspecified atom stereocenters. The van der Waals surface area contributed by atoms with Crippen molar-refractivity contribution in [2.24, 2.45) is 0 Å². The van der Waals surface area contributed by atoms with Gasteiger partial charge in [-0.3, -0.25) is 5.10 Å². The summed E-state index contributed by atoms with van der Waals surface area (Å²) in [5, 5.41) is 11.4. The summed E-state index contributed by atoms with van der Waals surface area (Å²) in [5.74, 6) is 2.55. The van der Waals surface area contributed by atoms with Crippen LogP contribution < -0.4 is 10.2 Å². The van der Waals surface area contributed by atoms with Crippen molar-refractivity contribution in [2.75, 3.05) is 37.0 Å². The molecule has 0 radical (unpaired) electrons. The molecule has 148 valence electrons. The first kappa shape index (κ1) is 20.4. The molecule has 0 aliphatic rings. The van der Waals surface area contributed by atoms with E-state index in [9.17, 15) is 0 Å². The number of H-pyrrole nitrogens is 1. The van der Waals surface area contributed by atoms with Crippen molar-refractivity contribution in [3.63, 3.8) is 0 Å². The molecule has 3 aromatic rings. The third-order valence-electron chi connectivity index (χ3n) is 3.96. The van der Waals surface area contributed by atoms with E-state index < -0.39 is 0 Å². The zero-order chi connectivity index (χ0) is 20.1. The largest absolute Gasteiger partial charge is 0.380 e. The maximum atomic E-state index is 6.16. The highest BCUT2D eigenvalue weighted by Crippen LogP contribution is 2.28. The predicted molar refractivity (Wildman–Crippen MR) is 114 cm³/mol. The van der Waals surface area contributed by atoms with Gasteiger partial charge in [0, 0.05) is 53.6 Å². The second-order valence-corrected chi connectivity index (χ2v) is 7.15. The van der Waals surface area contributed by atoms with E-state index in [1.807, 2.05) is 37.9 Å². The molecule has 0 bridgehead atoms. The number of aryl methyl sites for hydroxylation is 1. The summed E-state index contributed by atoms with van der Waals surface area (Å²) < 4.78 is 5.45. The Kier molecular flexibility index (Phi) is 6.72. The second kappa shape index (κ2) is 9.23. The van der Waals surface area contributed by atoms with Gasteiger partial charge < -0.3 is 15.0 Å². The number of benzene rings is 1. The summed E-state index contributed by atoms with van der Waals surface area (Å²) in [4.78, 5) is 11.3. The molecule has 28 heavy (non-hydrogen) atoms. The first-order chi connectivity index (χ1) is 13.4. The van der Waals surface area contributed by atoms with Crippen molar-refractivity contribution in [3.05, 3.63) is 46.1 Å².